The third-order valence-corrected chi connectivity index (χ3v) is 6.99. The standard InChI is InChI=1S/C24H26N2O12S/c1-11(27)33-10-17(34-12(2)28)19(35-13(3)29)20-18-16(36-22(31)26-18)9-24(38-20,21(30)32-4)39-23-25-14-7-5-6-8-15(14)37-23/h5-8,16-20H,9-10H2,1-4H3,(H,26,31)/t16-,17+,18+,19-,20+,24-/m0/s1. The number of oxazole rings is 1. The van der Waals surface area contributed by atoms with Crippen LogP contribution >= 0.6 is 11.8 Å². The van der Waals surface area contributed by atoms with Crippen molar-refractivity contribution < 1.29 is 56.8 Å². The van der Waals surface area contributed by atoms with E-state index in [1.165, 1.54) is 0 Å². The van der Waals surface area contributed by atoms with Crippen molar-refractivity contribution in [3.8, 4) is 0 Å². The van der Waals surface area contributed by atoms with E-state index in [0.717, 1.165) is 39.6 Å². The largest absolute Gasteiger partial charge is 0.466 e. The van der Waals surface area contributed by atoms with E-state index in [9.17, 15) is 24.0 Å². The highest BCUT2D eigenvalue weighted by atomic mass is 32.2. The highest BCUT2D eigenvalue weighted by molar-refractivity contribution is 8.01. The van der Waals surface area contributed by atoms with Crippen LogP contribution in [0.2, 0.25) is 0 Å². The van der Waals surface area contributed by atoms with Gasteiger partial charge in [0, 0.05) is 27.2 Å². The monoisotopic (exact) mass is 566 g/mol. The smallest absolute Gasteiger partial charge is 0.407 e. The summed E-state index contributed by atoms with van der Waals surface area (Å²) in [6.07, 6.45) is -6.17. The van der Waals surface area contributed by atoms with Gasteiger partial charge < -0.3 is 38.2 Å². The molecule has 2 fully saturated rings. The Labute approximate surface area is 225 Å². The van der Waals surface area contributed by atoms with Crippen LogP contribution in [0.3, 0.4) is 0 Å². The van der Waals surface area contributed by atoms with Gasteiger partial charge in [-0.05, 0) is 23.9 Å². The van der Waals surface area contributed by atoms with Crippen molar-refractivity contribution >= 4 is 52.8 Å². The van der Waals surface area contributed by atoms with Crippen LogP contribution in [0.5, 0.6) is 0 Å². The Bertz CT molecular complexity index is 1250. The maximum Gasteiger partial charge on any atom is 0.407 e. The Kier molecular flexibility index (Phi) is 8.30. The second-order valence-corrected chi connectivity index (χ2v) is 9.93. The van der Waals surface area contributed by atoms with Crippen LogP contribution in [0, 0.1) is 0 Å². The molecule has 0 bridgehead atoms. The first-order valence-corrected chi connectivity index (χ1v) is 12.6. The van der Waals surface area contributed by atoms with E-state index >= 15 is 0 Å². The molecular formula is C24H26N2O12S. The summed E-state index contributed by atoms with van der Waals surface area (Å²) in [7, 11) is 1.14. The van der Waals surface area contributed by atoms with Gasteiger partial charge in [0.25, 0.3) is 5.22 Å². The number of hydrogen-bond donors (Lipinski definition) is 1. The number of benzene rings is 1. The second-order valence-electron chi connectivity index (χ2n) is 8.72. The Hall–Kier alpha value is -3.85. The maximum atomic E-state index is 13.3. The number of carbonyl (C=O) groups is 5. The summed E-state index contributed by atoms with van der Waals surface area (Å²) in [6, 6.07) is 5.96. The molecule has 39 heavy (non-hydrogen) atoms. The first-order valence-electron chi connectivity index (χ1n) is 11.8. The van der Waals surface area contributed by atoms with Crippen LogP contribution < -0.4 is 5.32 Å². The molecule has 2 aliphatic heterocycles. The van der Waals surface area contributed by atoms with Crippen LogP contribution in [0.1, 0.15) is 27.2 Å². The summed E-state index contributed by atoms with van der Waals surface area (Å²) in [4.78, 5) is 63.6. The fourth-order valence-corrected chi connectivity index (χ4v) is 5.53. The Balaban J connectivity index is 1.77. The third kappa shape index (κ3) is 6.25. The van der Waals surface area contributed by atoms with Gasteiger partial charge in [-0.2, -0.15) is 0 Å². The zero-order valence-electron chi connectivity index (χ0n) is 21.4. The number of alkyl carbamates (subject to hydrolysis) is 1. The fraction of sp³-hybridized carbons (Fsp3) is 0.500. The van der Waals surface area contributed by atoms with Gasteiger partial charge in [-0.3, -0.25) is 14.4 Å². The van der Waals surface area contributed by atoms with Gasteiger partial charge >= 0.3 is 30.0 Å². The Morgan fingerprint density at radius 1 is 1.13 bits per heavy atom. The van der Waals surface area contributed by atoms with Crippen LogP contribution in [0.25, 0.3) is 11.1 Å². The van der Waals surface area contributed by atoms with Gasteiger partial charge in [-0.15, -0.1) is 0 Å². The van der Waals surface area contributed by atoms with Crippen molar-refractivity contribution in [1.82, 2.24) is 10.3 Å². The van der Waals surface area contributed by atoms with Crippen LogP contribution in [-0.4, -0.2) is 84.1 Å². The molecule has 15 heteroatoms. The van der Waals surface area contributed by atoms with Crippen molar-refractivity contribution in [2.75, 3.05) is 13.7 Å². The lowest BCUT2D eigenvalue weighted by Crippen LogP contribution is -2.64. The number of methoxy groups -OCH3 is 1. The van der Waals surface area contributed by atoms with Gasteiger partial charge in [0.1, 0.15) is 24.3 Å². The predicted octanol–water partition coefficient (Wildman–Crippen LogP) is 1.48. The number of hydrogen-bond acceptors (Lipinski definition) is 14. The molecule has 1 N–H and O–H groups in total. The number of carbonyl (C=O) groups excluding carboxylic acids is 5. The first-order chi connectivity index (χ1) is 18.5. The quantitative estimate of drug-likeness (QED) is 0.341. The fourth-order valence-electron chi connectivity index (χ4n) is 4.40. The van der Waals surface area contributed by atoms with E-state index in [1.807, 2.05) is 0 Å². The summed E-state index contributed by atoms with van der Waals surface area (Å²) >= 11 is 0.777. The molecule has 3 heterocycles. The number of esters is 4. The van der Waals surface area contributed by atoms with E-state index < -0.39 is 72.0 Å². The SMILES string of the molecule is COC(=O)[C@@]1(Sc2nc3ccccc3o2)C[C@@H]2OC(=O)N[C@H]2[C@H]([C@@H](OC(C)=O)[C@@H](COC(C)=O)OC(C)=O)O1. The number of rotatable bonds is 9. The average Bonchev–Trinajstić information content (AvgIpc) is 3.45. The van der Waals surface area contributed by atoms with Crippen molar-refractivity contribution in [2.45, 2.75) is 67.8 Å². The lowest BCUT2D eigenvalue weighted by molar-refractivity contribution is -0.214. The molecule has 6 atom stereocenters. The number of nitrogens with one attached hydrogen (secondary N) is 1. The summed E-state index contributed by atoms with van der Waals surface area (Å²) < 4.78 is 38.4. The minimum atomic E-state index is -1.91. The van der Waals surface area contributed by atoms with E-state index in [0.29, 0.717) is 11.1 Å². The molecule has 2 saturated heterocycles. The molecule has 0 aliphatic carbocycles. The van der Waals surface area contributed by atoms with Gasteiger partial charge in [0.05, 0.1) is 13.2 Å². The molecule has 2 aromatic rings. The number of para-hydroxylation sites is 2. The van der Waals surface area contributed by atoms with E-state index in [2.05, 4.69) is 10.3 Å². The summed E-state index contributed by atoms with van der Waals surface area (Å²) in [6.45, 7) is 2.85. The van der Waals surface area contributed by atoms with Crippen LogP contribution in [0.15, 0.2) is 33.9 Å². The minimum absolute atomic E-state index is 0.0524. The number of amides is 1. The second kappa shape index (κ2) is 11.5. The third-order valence-electron chi connectivity index (χ3n) is 5.88. The molecule has 2 aliphatic rings. The lowest BCUT2D eigenvalue weighted by atomic mass is 9.90. The Morgan fingerprint density at radius 3 is 2.49 bits per heavy atom. The first kappa shape index (κ1) is 28.2. The van der Waals surface area contributed by atoms with Gasteiger partial charge in [-0.1, -0.05) is 12.1 Å². The molecule has 0 saturated carbocycles. The Morgan fingerprint density at radius 2 is 1.85 bits per heavy atom. The molecule has 0 radical (unpaired) electrons. The summed E-state index contributed by atoms with van der Waals surface area (Å²) in [5, 5.41) is 2.64. The molecule has 4 rings (SSSR count). The number of ether oxygens (including phenoxy) is 6. The van der Waals surface area contributed by atoms with Gasteiger partial charge in [0.2, 0.25) is 4.93 Å². The molecule has 1 aromatic carbocycles. The molecule has 0 unspecified atom stereocenters. The average molecular weight is 567 g/mol. The van der Waals surface area contributed by atoms with Crippen LogP contribution in [-0.2, 0) is 47.6 Å². The highest BCUT2D eigenvalue weighted by Gasteiger charge is 2.61. The van der Waals surface area contributed by atoms with Crippen molar-refractivity contribution in [3.05, 3.63) is 24.3 Å². The normalized spacial score (nSPS) is 25.4. The number of fused-ring (bicyclic) bond motifs is 2. The molecule has 0 spiro atoms. The minimum Gasteiger partial charge on any atom is -0.466 e. The number of aromatic nitrogens is 1. The molecule has 1 amide bonds. The molecule has 1 aromatic heterocycles. The summed E-state index contributed by atoms with van der Waals surface area (Å²) in [5.74, 6) is -3.13. The lowest BCUT2D eigenvalue weighted by Gasteiger charge is -2.45. The molecular weight excluding hydrogens is 540 g/mol. The highest BCUT2D eigenvalue weighted by Crippen LogP contribution is 2.47. The van der Waals surface area contributed by atoms with Crippen molar-refractivity contribution in [1.29, 1.82) is 0 Å². The van der Waals surface area contributed by atoms with E-state index in [4.69, 9.17) is 32.8 Å². The number of nitrogens with zero attached hydrogens (tertiary/aromatic N) is 1. The zero-order chi connectivity index (χ0) is 28.3. The maximum absolute atomic E-state index is 13.3. The van der Waals surface area contributed by atoms with Crippen LogP contribution in [0.4, 0.5) is 4.79 Å². The molecule has 14 nitrogen and oxygen atoms in total. The topological polar surface area (TPSA) is 179 Å². The zero-order valence-corrected chi connectivity index (χ0v) is 22.2. The summed E-state index contributed by atoms with van der Waals surface area (Å²) in [5.41, 5.74) is 0.974. The van der Waals surface area contributed by atoms with Crippen molar-refractivity contribution in [2.24, 2.45) is 0 Å². The predicted molar refractivity (Wildman–Crippen MR) is 129 cm³/mol. The van der Waals surface area contributed by atoms with Gasteiger partial charge in [0.15, 0.2) is 17.8 Å². The van der Waals surface area contributed by atoms with E-state index in [-0.39, 0.29) is 11.6 Å². The number of thioether (sulfide) groups is 1. The van der Waals surface area contributed by atoms with Gasteiger partial charge in [-0.25, -0.2) is 14.6 Å². The molecule has 210 valence electrons. The van der Waals surface area contributed by atoms with E-state index in [1.54, 1.807) is 24.3 Å². The van der Waals surface area contributed by atoms with Crippen molar-refractivity contribution in [3.63, 3.8) is 0 Å².